The van der Waals surface area contributed by atoms with Crippen LogP contribution in [0.25, 0.3) is 0 Å². The van der Waals surface area contributed by atoms with Gasteiger partial charge in [-0.05, 0) is 5.56 Å². The van der Waals surface area contributed by atoms with Gasteiger partial charge in [-0.2, -0.15) is 0 Å². The van der Waals surface area contributed by atoms with E-state index in [1.807, 2.05) is 5.32 Å². The van der Waals surface area contributed by atoms with Crippen molar-refractivity contribution in [1.29, 1.82) is 0 Å². The lowest BCUT2D eigenvalue weighted by atomic mass is 10.2. The predicted octanol–water partition coefficient (Wildman–Crippen LogP) is 1.76. The second-order valence-electron chi connectivity index (χ2n) is 4.15. The Bertz CT molecular complexity index is 570. The van der Waals surface area contributed by atoms with E-state index < -0.39 is 25.4 Å². The number of benzene rings is 1. The number of hydrogen-bond acceptors (Lipinski definition) is 9. The highest BCUT2D eigenvalue weighted by atomic mass is 31.2. The van der Waals surface area contributed by atoms with Crippen LogP contribution in [-0.4, -0.2) is 39.2 Å². The van der Waals surface area contributed by atoms with E-state index in [9.17, 15) is 14.2 Å². The van der Waals surface area contributed by atoms with Gasteiger partial charge in [-0.3, -0.25) is 9.88 Å². The summed E-state index contributed by atoms with van der Waals surface area (Å²) >= 11 is 0. The summed E-state index contributed by atoms with van der Waals surface area (Å²) in [5.41, 5.74) is 0.715. The molecule has 0 aliphatic rings. The molecule has 24 heavy (non-hydrogen) atoms. The van der Waals surface area contributed by atoms with Crippen LogP contribution >= 0.6 is 7.60 Å². The van der Waals surface area contributed by atoms with Crippen LogP contribution in [0.2, 0.25) is 0 Å². The topological polar surface area (TPSA) is 119 Å². The first-order valence-corrected chi connectivity index (χ1v) is 8.17. The molecule has 0 saturated heterocycles. The van der Waals surface area contributed by atoms with Crippen molar-refractivity contribution in [3.8, 4) is 0 Å². The molecule has 1 rings (SSSR count). The number of carbonyl (C=O) groups is 2. The maximum absolute atomic E-state index is 12.5. The highest BCUT2D eigenvalue weighted by molar-refractivity contribution is 7.55. The summed E-state index contributed by atoms with van der Waals surface area (Å²) in [6.07, 6.45) is -1.05. The first-order valence-electron chi connectivity index (χ1n) is 6.56. The van der Waals surface area contributed by atoms with Crippen molar-refractivity contribution >= 4 is 19.7 Å². The number of ether oxygens (including phenoxy) is 2. The third kappa shape index (κ3) is 5.91. The zero-order valence-electron chi connectivity index (χ0n) is 13.3. The molecule has 11 heteroatoms. The van der Waals surface area contributed by atoms with E-state index in [1.54, 1.807) is 30.3 Å². The SMILES string of the molecule is COOP(=O)(OOC)[C@@H](NC(=O)OCc1ccccc1)C(=O)OC. The Balaban J connectivity index is 2.79. The van der Waals surface area contributed by atoms with Gasteiger partial charge in [-0.15, -0.1) is 9.35 Å². The predicted molar refractivity (Wildman–Crippen MR) is 79.4 cm³/mol. The number of amides is 1. The van der Waals surface area contributed by atoms with Crippen LogP contribution in [0.15, 0.2) is 30.3 Å². The standard InChI is InChI=1S/C13H18NO9P/c1-18-12(15)11(24(17,22-19-2)23-20-3)14-13(16)21-9-10-7-5-4-6-8-10/h4-8,11H,9H2,1-3H3,(H,14,16)/t11-/m1/s1. The van der Waals surface area contributed by atoms with E-state index in [0.717, 1.165) is 21.3 Å². The fourth-order valence-electron chi connectivity index (χ4n) is 1.56. The van der Waals surface area contributed by atoms with Gasteiger partial charge >= 0.3 is 19.7 Å². The summed E-state index contributed by atoms with van der Waals surface area (Å²) in [6.45, 7) is -0.0683. The Morgan fingerprint density at radius 3 is 2.17 bits per heavy atom. The third-order valence-electron chi connectivity index (χ3n) is 2.56. The quantitative estimate of drug-likeness (QED) is 0.303. The normalized spacial score (nSPS) is 12.3. The van der Waals surface area contributed by atoms with Crippen LogP contribution in [0, 0.1) is 0 Å². The van der Waals surface area contributed by atoms with Crippen molar-refractivity contribution in [2.45, 2.75) is 12.4 Å². The molecule has 0 radical (unpaired) electrons. The largest absolute Gasteiger partial charge is 0.467 e. The Labute approximate surface area is 138 Å². The molecule has 0 bridgehead atoms. The molecule has 0 unspecified atom stereocenters. The maximum Gasteiger partial charge on any atom is 0.417 e. The number of hydrogen-bond donors (Lipinski definition) is 1. The van der Waals surface area contributed by atoms with Gasteiger partial charge in [0.25, 0.3) is 0 Å². The van der Waals surface area contributed by atoms with Crippen molar-refractivity contribution in [2.24, 2.45) is 0 Å². The molecule has 0 aliphatic carbocycles. The minimum Gasteiger partial charge on any atom is -0.467 e. The lowest BCUT2D eigenvalue weighted by molar-refractivity contribution is -0.244. The first kappa shape index (κ1) is 20.1. The fourth-order valence-corrected chi connectivity index (χ4v) is 2.80. The molecule has 0 spiro atoms. The van der Waals surface area contributed by atoms with E-state index in [-0.39, 0.29) is 6.61 Å². The summed E-state index contributed by atoms with van der Waals surface area (Å²) in [6, 6.07) is 8.80. The maximum atomic E-state index is 12.5. The van der Waals surface area contributed by atoms with E-state index >= 15 is 0 Å². The van der Waals surface area contributed by atoms with Gasteiger partial charge in [0.15, 0.2) is 0 Å². The molecule has 1 aromatic rings. The van der Waals surface area contributed by atoms with Crippen LogP contribution in [0.4, 0.5) is 4.79 Å². The second-order valence-corrected chi connectivity index (χ2v) is 6.05. The Morgan fingerprint density at radius 1 is 1.08 bits per heavy atom. The lowest BCUT2D eigenvalue weighted by Gasteiger charge is -2.22. The third-order valence-corrected chi connectivity index (χ3v) is 4.25. The number of nitrogens with one attached hydrogen (secondary N) is 1. The van der Waals surface area contributed by atoms with Crippen LogP contribution in [0.3, 0.4) is 0 Å². The zero-order chi connectivity index (χ0) is 18.0. The molecule has 1 atom stereocenters. The van der Waals surface area contributed by atoms with Crippen molar-refractivity contribution in [3.63, 3.8) is 0 Å². The lowest BCUT2D eigenvalue weighted by Crippen LogP contribution is -2.42. The Kier molecular flexibility index (Phi) is 8.37. The van der Waals surface area contributed by atoms with Crippen molar-refractivity contribution in [3.05, 3.63) is 35.9 Å². The molecule has 134 valence electrons. The summed E-state index contributed by atoms with van der Waals surface area (Å²) < 4.78 is 30.8. The molecule has 0 aliphatic heterocycles. The van der Waals surface area contributed by atoms with Gasteiger partial charge < -0.3 is 9.47 Å². The highest BCUT2D eigenvalue weighted by Gasteiger charge is 2.46. The van der Waals surface area contributed by atoms with Gasteiger partial charge in [0.2, 0.25) is 5.78 Å². The van der Waals surface area contributed by atoms with Crippen LogP contribution in [0.5, 0.6) is 0 Å². The molecule has 0 fully saturated rings. The van der Waals surface area contributed by atoms with Crippen molar-refractivity contribution in [1.82, 2.24) is 5.32 Å². The van der Waals surface area contributed by atoms with Gasteiger partial charge in [-0.25, -0.2) is 19.4 Å². The van der Waals surface area contributed by atoms with E-state index in [2.05, 4.69) is 23.9 Å². The van der Waals surface area contributed by atoms with Gasteiger partial charge in [0.1, 0.15) is 6.61 Å². The Hall–Kier alpha value is -1.97. The van der Waals surface area contributed by atoms with E-state index in [4.69, 9.17) is 4.74 Å². The number of carbonyl (C=O) groups excluding carboxylic acids is 2. The molecular weight excluding hydrogens is 345 g/mol. The van der Waals surface area contributed by atoms with Crippen LogP contribution in [-0.2, 0) is 44.6 Å². The molecule has 1 N–H and O–H groups in total. The molecule has 0 heterocycles. The fraction of sp³-hybridized carbons (Fsp3) is 0.385. The van der Waals surface area contributed by atoms with Crippen molar-refractivity contribution < 1.29 is 42.8 Å². The zero-order valence-corrected chi connectivity index (χ0v) is 14.2. The number of rotatable bonds is 9. The van der Waals surface area contributed by atoms with Gasteiger partial charge in [0, 0.05) is 0 Å². The van der Waals surface area contributed by atoms with Gasteiger partial charge in [-0.1, -0.05) is 30.3 Å². The first-order chi connectivity index (χ1) is 11.5. The van der Waals surface area contributed by atoms with E-state index in [1.165, 1.54) is 0 Å². The molecule has 1 aromatic carbocycles. The van der Waals surface area contributed by atoms with Crippen molar-refractivity contribution in [2.75, 3.05) is 21.3 Å². The summed E-state index contributed by atoms with van der Waals surface area (Å²) in [5, 5.41) is 2.04. The van der Waals surface area contributed by atoms with Gasteiger partial charge in [0.05, 0.1) is 21.3 Å². The number of alkyl carbamates (subject to hydrolysis) is 1. The van der Waals surface area contributed by atoms with E-state index in [0.29, 0.717) is 5.56 Å². The average Bonchev–Trinajstić information content (AvgIpc) is 2.58. The number of esters is 1. The Morgan fingerprint density at radius 2 is 1.67 bits per heavy atom. The minimum atomic E-state index is -4.38. The average molecular weight is 363 g/mol. The summed E-state index contributed by atoms with van der Waals surface area (Å²) in [4.78, 5) is 32.2. The number of methoxy groups -OCH3 is 1. The highest BCUT2D eigenvalue weighted by Crippen LogP contribution is 2.52. The van der Waals surface area contributed by atoms with Crippen LogP contribution in [0.1, 0.15) is 5.56 Å². The summed E-state index contributed by atoms with van der Waals surface area (Å²) in [7, 11) is -1.29. The van der Waals surface area contributed by atoms with Crippen LogP contribution < -0.4 is 5.32 Å². The smallest absolute Gasteiger partial charge is 0.417 e. The minimum absolute atomic E-state index is 0.0683. The monoisotopic (exact) mass is 363 g/mol. The second kappa shape index (κ2) is 10.0. The molecular formula is C13H18NO9P. The molecule has 0 aromatic heterocycles. The molecule has 1 amide bonds. The molecule has 0 saturated carbocycles. The molecule has 10 nitrogen and oxygen atoms in total. The summed E-state index contributed by atoms with van der Waals surface area (Å²) in [5.74, 6) is -2.96.